The highest BCUT2D eigenvalue weighted by Gasteiger charge is 2.14. The van der Waals surface area contributed by atoms with Gasteiger partial charge in [0, 0.05) is 12.8 Å². The fraction of sp³-hybridized carbons (Fsp3) is 0.900. The Balaban J connectivity index is 3.97. The predicted octanol–water partition coefficient (Wildman–Crippen LogP) is 15.7. The van der Waals surface area contributed by atoms with E-state index in [1.807, 2.05) is 0 Å². The first-order valence-electron chi connectivity index (χ1n) is 24.8. The van der Waals surface area contributed by atoms with Crippen molar-refractivity contribution in [2.45, 2.75) is 283 Å². The third kappa shape index (κ3) is 44.9. The average molecular weight is 790 g/mol. The van der Waals surface area contributed by atoms with Gasteiger partial charge in [0.1, 0.15) is 12.6 Å². The molecule has 0 rings (SSSR count). The molecule has 0 aliphatic carbocycles. The Morgan fingerprint density at radius 2 is 0.768 bits per heavy atom. The molecule has 6 nitrogen and oxygen atoms in total. The van der Waals surface area contributed by atoms with Gasteiger partial charge in [0.25, 0.3) is 0 Å². The second-order valence-electron chi connectivity index (χ2n) is 17.1. The van der Waals surface area contributed by atoms with Crippen LogP contribution < -0.4 is 5.32 Å². The van der Waals surface area contributed by atoms with Gasteiger partial charge in [0.15, 0.2) is 0 Å². The Morgan fingerprint density at radius 3 is 1.14 bits per heavy atom. The van der Waals surface area contributed by atoms with Gasteiger partial charge in [-0.15, -0.1) is 0 Å². The molecule has 56 heavy (non-hydrogen) atoms. The van der Waals surface area contributed by atoms with E-state index in [0.717, 1.165) is 64.2 Å². The molecule has 0 bridgehead atoms. The van der Waals surface area contributed by atoms with Crippen LogP contribution in [0.4, 0.5) is 0 Å². The van der Waals surface area contributed by atoms with E-state index >= 15 is 0 Å². The van der Waals surface area contributed by atoms with E-state index in [4.69, 9.17) is 9.84 Å². The first kappa shape index (κ1) is 54.2. The van der Waals surface area contributed by atoms with Crippen molar-refractivity contribution in [1.29, 1.82) is 0 Å². The summed E-state index contributed by atoms with van der Waals surface area (Å²) in [5.74, 6) is -1.21. The molecule has 0 fully saturated rings. The second-order valence-corrected chi connectivity index (χ2v) is 17.1. The molecule has 1 atom stereocenters. The Hall–Kier alpha value is -1.85. The van der Waals surface area contributed by atoms with Crippen molar-refractivity contribution in [3.63, 3.8) is 0 Å². The van der Waals surface area contributed by atoms with Gasteiger partial charge in [-0.05, 0) is 64.2 Å². The number of carboxylic acids is 1. The van der Waals surface area contributed by atoms with Crippen LogP contribution >= 0.6 is 0 Å². The lowest BCUT2D eigenvalue weighted by molar-refractivity contribution is -0.150. The van der Waals surface area contributed by atoms with Gasteiger partial charge in [-0.2, -0.15) is 0 Å². The van der Waals surface area contributed by atoms with E-state index in [1.165, 1.54) is 186 Å². The minimum Gasteiger partial charge on any atom is -0.480 e. The Bertz CT molecular complexity index is 874. The third-order valence-corrected chi connectivity index (χ3v) is 11.4. The maximum Gasteiger partial charge on any atom is 0.322 e. The summed E-state index contributed by atoms with van der Waals surface area (Å²) < 4.78 is 6.05. The van der Waals surface area contributed by atoms with Crippen molar-refractivity contribution < 1.29 is 24.2 Å². The van der Waals surface area contributed by atoms with Crippen molar-refractivity contribution in [3.05, 3.63) is 12.2 Å². The summed E-state index contributed by atoms with van der Waals surface area (Å²) in [6.07, 6.45) is 55.0. The zero-order valence-corrected chi connectivity index (χ0v) is 37.5. The number of nitrogens with one attached hydrogen (secondary N) is 1. The monoisotopic (exact) mass is 790 g/mol. The quantitative estimate of drug-likeness (QED) is 0.0364. The SMILES string of the molecule is CCCCCCCCCC/C=C\CCCCCCCCCCCCCC(=O)OC(CCCCCCCCCCCCC)CCCCCCCC(=O)NCC(=O)O. The number of amides is 1. The number of hydrogen-bond donors (Lipinski definition) is 2. The van der Waals surface area contributed by atoms with E-state index < -0.39 is 5.97 Å². The van der Waals surface area contributed by atoms with E-state index in [2.05, 4.69) is 31.3 Å². The van der Waals surface area contributed by atoms with Gasteiger partial charge in [0.2, 0.25) is 5.91 Å². The summed E-state index contributed by atoms with van der Waals surface area (Å²) in [6.45, 7) is 4.25. The van der Waals surface area contributed by atoms with Crippen molar-refractivity contribution in [2.75, 3.05) is 6.54 Å². The molecule has 0 aromatic rings. The molecule has 330 valence electrons. The molecule has 0 saturated heterocycles. The van der Waals surface area contributed by atoms with E-state index in [0.29, 0.717) is 12.8 Å². The van der Waals surface area contributed by atoms with E-state index in [1.54, 1.807) is 0 Å². The number of rotatable bonds is 46. The van der Waals surface area contributed by atoms with Crippen LogP contribution in [-0.4, -0.2) is 35.6 Å². The predicted molar refractivity (Wildman–Crippen MR) is 240 cm³/mol. The van der Waals surface area contributed by atoms with Gasteiger partial charge in [0.05, 0.1) is 0 Å². The number of esters is 1. The average Bonchev–Trinajstić information content (AvgIpc) is 3.18. The van der Waals surface area contributed by atoms with Crippen LogP contribution in [0.3, 0.4) is 0 Å². The lowest BCUT2D eigenvalue weighted by Crippen LogP contribution is -2.28. The number of allylic oxidation sites excluding steroid dienone is 2. The molecule has 0 aromatic heterocycles. The summed E-state index contributed by atoms with van der Waals surface area (Å²) in [5.41, 5.74) is 0. The Kier molecular flexibility index (Phi) is 44.3. The van der Waals surface area contributed by atoms with Crippen molar-refractivity contribution >= 4 is 17.8 Å². The van der Waals surface area contributed by atoms with Crippen molar-refractivity contribution in [2.24, 2.45) is 0 Å². The van der Waals surface area contributed by atoms with Gasteiger partial charge in [-0.3, -0.25) is 14.4 Å². The molecule has 0 saturated carbocycles. The summed E-state index contributed by atoms with van der Waals surface area (Å²) >= 11 is 0. The molecule has 2 N–H and O–H groups in total. The lowest BCUT2D eigenvalue weighted by Gasteiger charge is -2.18. The van der Waals surface area contributed by atoms with Gasteiger partial charge < -0.3 is 15.2 Å². The van der Waals surface area contributed by atoms with Crippen molar-refractivity contribution in [1.82, 2.24) is 5.32 Å². The molecule has 0 spiro atoms. The van der Waals surface area contributed by atoms with E-state index in [-0.39, 0.29) is 24.5 Å². The highest BCUT2D eigenvalue weighted by molar-refractivity contribution is 5.80. The topological polar surface area (TPSA) is 92.7 Å². The van der Waals surface area contributed by atoms with Crippen LogP contribution in [0.1, 0.15) is 277 Å². The summed E-state index contributed by atoms with van der Waals surface area (Å²) in [5, 5.41) is 11.1. The smallest absolute Gasteiger partial charge is 0.322 e. The first-order valence-corrected chi connectivity index (χ1v) is 24.8. The Morgan fingerprint density at radius 1 is 0.446 bits per heavy atom. The van der Waals surface area contributed by atoms with Crippen LogP contribution in [0.15, 0.2) is 12.2 Å². The fourth-order valence-corrected chi connectivity index (χ4v) is 7.75. The molecule has 1 unspecified atom stereocenters. The summed E-state index contributed by atoms with van der Waals surface area (Å²) in [4.78, 5) is 35.1. The molecule has 0 heterocycles. The number of hydrogen-bond acceptors (Lipinski definition) is 4. The highest BCUT2D eigenvalue weighted by atomic mass is 16.5. The van der Waals surface area contributed by atoms with Crippen LogP contribution in [-0.2, 0) is 19.1 Å². The van der Waals surface area contributed by atoms with E-state index in [9.17, 15) is 14.4 Å². The van der Waals surface area contributed by atoms with Gasteiger partial charge in [-0.25, -0.2) is 0 Å². The number of ether oxygens (including phenoxy) is 1. The zero-order valence-electron chi connectivity index (χ0n) is 37.5. The molecule has 0 aliphatic rings. The number of unbranched alkanes of at least 4 members (excludes halogenated alkanes) is 33. The molecular formula is C50H95NO5. The van der Waals surface area contributed by atoms with Crippen LogP contribution in [0.5, 0.6) is 0 Å². The number of carboxylic acid groups (broad SMARTS) is 1. The zero-order chi connectivity index (χ0) is 40.8. The number of aliphatic carboxylic acids is 1. The van der Waals surface area contributed by atoms with Gasteiger partial charge in [-0.1, -0.05) is 212 Å². The van der Waals surface area contributed by atoms with Crippen molar-refractivity contribution in [3.8, 4) is 0 Å². The Labute approximate surface area is 348 Å². The largest absolute Gasteiger partial charge is 0.480 e. The standard InChI is InChI=1S/C50H95NO5/c1-3-5-7-9-11-13-15-16-17-18-19-20-21-22-23-24-25-26-28-30-32-37-41-45-50(55)56-47(42-38-34-31-29-27-14-12-10-8-6-4-2)43-39-35-33-36-40-44-48(52)51-46-49(53)54/h18-19,47H,3-17,20-46H2,1-2H3,(H,51,52)(H,53,54)/b19-18-. The molecule has 1 amide bonds. The maximum atomic E-state index is 12.8. The number of carbonyl (C=O) groups is 3. The molecular weight excluding hydrogens is 695 g/mol. The van der Waals surface area contributed by atoms with Crippen LogP contribution in [0.25, 0.3) is 0 Å². The normalized spacial score (nSPS) is 12.0. The summed E-state index contributed by atoms with van der Waals surface area (Å²) in [7, 11) is 0. The molecule has 6 heteroatoms. The molecule has 0 aromatic carbocycles. The molecule has 0 radical (unpaired) electrons. The van der Waals surface area contributed by atoms with Crippen LogP contribution in [0.2, 0.25) is 0 Å². The minimum atomic E-state index is -1.01. The molecule has 0 aliphatic heterocycles. The maximum absolute atomic E-state index is 12.8. The number of carbonyl (C=O) groups excluding carboxylic acids is 2. The van der Waals surface area contributed by atoms with Gasteiger partial charge >= 0.3 is 11.9 Å². The fourth-order valence-electron chi connectivity index (χ4n) is 7.75. The minimum absolute atomic E-state index is 0.00978. The third-order valence-electron chi connectivity index (χ3n) is 11.4. The summed E-state index contributed by atoms with van der Waals surface area (Å²) in [6, 6.07) is 0. The lowest BCUT2D eigenvalue weighted by atomic mass is 10.0. The second kappa shape index (κ2) is 45.8. The highest BCUT2D eigenvalue weighted by Crippen LogP contribution is 2.19. The first-order chi connectivity index (χ1) is 27.5. The van der Waals surface area contributed by atoms with Crippen LogP contribution in [0, 0.1) is 0 Å².